The summed E-state index contributed by atoms with van der Waals surface area (Å²) in [4.78, 5) is 0. The van der Waals surface area contributed by atoms with E-state index in [1.807, 2.05) is 0 Å². The summed E-state index contributed by atoms with van der Waals surface area (Å²) >= 11 is 0.0556. The van der Waals surface area contributed by atoms with Crippen LogP contribution < -0.4 is 0 Å². The predicted octanol–water partition coefficient (Wildman–Crippen LogP) is 2.22. The molecule has 46 valence electrons. The van der Waals surface area contributed by atoms with Crippen molar-refractivity contribution < 1.29 is 27.2 Å². The summed E-state index contributed by atoms with van der Waals surface area (Å²) in [6.45, 7) is 0. The molecule has 0 radical (unpaired) electrons. The van der Waals surface area contributed by atoms with Gasteiger partial charge in [0.25, 0.3) is 0 Å². The van der Waals surface area contributed by atoms with E-state index in [0.717, 1.165) is 0 Å². The average molecular weight is 279 g/mol. The Kier molecular flexibility index (Phi) is 8.31. The maximum absolute atomic E-state index is 8.39. The van der Waals surface area contributed by atoms with Crippen LogP contribution >= 0.6 is 0 Å². The van der Waals surface area contributed by atoms with Crippen LogP contribution in [0.2, 0.25) is 0 Å². The van der Waals surface area contributed by atoms with Gasteiger partial charge < -0.3 is 0 Å². The molecule has 0 bridgehead atoms. The van der Waals surface area contributed by atoms with Gasteiger partial charge in [0.15, 0.2) is 0 Å². The van der Waals surface area contributed by atoms with Crippen LogP contribution in [0.25, 0.3) is 0 Å². The van der Waals surface area contributed by atoms with Crippen molar-refractivity contribution >= 4 is 0 Å². The van der Waals surface area contributed by atoms with Crippen LogP contribution in [0.1, 0.15) is 38.5 Å². The number of hydrogen-bond acceptors (Lipinski definition) is 1. The molecule has 1 saturated carbocycles. The molecule has 0 heterocycles. The van der Waals surface area contributed by atoms with E-state index >= 15 is 0 Å². The Balaban J connectivity index is 0.000000222. The minimum atomic E-state index is 0.0556. The predicted molar refractivity (Wildman–Crippen MR) is 28.4 cm³/mol. The molecule has 0 unspecified atom stereocenters. The zero-order chi connectivity index (χ0) is 6.24. The summed E-state index contributed by atoms with van der Waals surface area (Å²) in [7, 11) is 0. The molecule has 2 heteroatoms. The topological polar surface area (TPSA) is 17.1 Å². The second kappa shape index (κ2) is 7.67. The molecule has 1 aliphatic rings. The fourth-order valence-electron chi connectivity index (χ4n) is 1.06. The second-order valence-electron chi connectivity index (χ2n) is 2.12. The van der Waals surface area contributed by atoms with Gasteiger partial charge in [-0.1, -0.05) is 38.5 Å². The molecule has 0 N–H and O–H groups in total. The monoisotopic (exact) mass is 280 g/mol. The number of rotatable bonds is 0. The van der Waals surface area contributed by atoms with Crippen molar-refractivity contribution in [2.75, 3.05) is 0 Å². The summed E-state index contributed by atoms with van der Waals surface area (Å²) < 4.78 is 8.39. The minimum absolute atomic E-state index is 0.0556. The summed E-state index contributed by atoms with van der Waals surface area (Å²) in [5.41, 5.74) is 0. The van der Waals surface area contributed by atoms with Gasteiger partial charge in [0, 0.05) is 0 Å². The summed E-state index contributed by atoms with van der Waals surface area (Å²) in [6.07, 6.45) is 9.00. The normalized spacial score (nSPS) is 18.4. The second-order valence-corrected chi connectivity index (χ2v) is 2.12. The first-order valence-corrected chi connectivity index (χ1v) is 4.67. The Bertz CT molecular complexity index is 32.3. The average Bonchev–Trinajstić information content (AvgIpc) is 1.96. The first kappa shape index (κ1) is 8.67. The van der Waals surface area contributed by atoms with E-state index in [0.29, 0.717) is 0 Å². The van der Waals surface area contributed by atoms with E-state index in [-0.39, 0.29) is 24.4 Å². The van der Waals surface area contributed by atoms with Crippen LogP contribution in [-0.4, -0.2) is 0 Å². The molecule has 0 saturated heterocycles. The van der Waals surface area contributed by atoms with Crippen LogP contribution in [0, 0.1) is 0 Å². The quantitative estimate of drug-likeness (QED) is 0.621. The van der Waals surface area contributed by atoms with Gasteiger partial charge in [0.1, 0.15) is 0 Å². The van der Waals surface area contributed by atoms with Crippen LogP contribution in [0.4, 0.5) is 0 Å². The van der Waals surface area contributed by atoms with Gasteiger partial charge in [-0.15, -0.1) is 0 Å². The van der Waals surface area contributed by atoms with Gasteiger partial charge in [-0.2, -0.15) is 0 Å². The maximum atomic E-state index is 8.39. The van der Waals surface area contributed by atoms with E-state index in [2.05, 4.69) is 0 Å². The van der Waals surface area contributed by atoms with E-state index in [1.54, 1.807) is 0 Å². The molecule has 8 heavy (non-hydrogen) atoms. The van der Waals surface area contributed by atoms with Crippen molar-refractivity contribution in [1.29, 1.82) is 0 Å². The standard InChI is InChI=1S/C6H12.Hf.O/c1-2-4-6-5-3-1;;/h1-6H2;;. The van der Waals surface area contributed by atoms with Gasteiger partial charge in [-0.05, 0) is 0 Å². The molecular weight excluding hydrogens is 267 g/mol. The molecule has 0 amide bonds. The summed E-state index contributed by atoms with van der Waals surface area (Å²) in [5, 5.41) is 0. The molecule has 0 aromatic carbocycles. The van der Waals surface area contributed by atoms with E-state index in [4.69, 9.17) is 2.85 Å². The molecular formula is C6H12HfO. The SMILES string of the molecule is C1CCCCC1.[O]=[Hf]. The number of hydrogen-bond donors (Lipinski definition) is 0. The fourth-order valence-corrected chi connectivity index (χ4v) is 1.06. The van der Waals surface area contributed by atoms with Crippen molar-refractivity contribution in [1.82, 2.24) is 0 Å². The van der Waals surface area contributed by atoms with Crippen LogP contribution in [0.3, 0.4) is 0 Å². The summed E-state index contributed by atoms with van der Waals surface area (Å²) in [6, 6.07) is 0. The third kappa shape index (κ3) is 4.82. The van der Waals surface area contributed by atoms with E-state index in [9.17, 15) is 0 Å². The van der Waals surface area contributed by atoms with Gasteiger partial charge >= 0.3 is 27.2 Å². The van der Waals surface area contributed by atoms with Crippen molar-refractivity contribution in [3.05, 3.63) is 0 Å². The van der Waals surface area contributed by atoms with Crippen LogP contribution in [0.5, 0.6) is 0 Å². The Morgan fingerprint density at radius 3 is 0.875 bits per heavy atom. The Hall–Kier alpha value is 0.670. The third-order valence-corrected chi connectivity index (χ3v) is 1.50. The molecule has 0 spiro atoms. The molecule has 1 aliphatic carbocycles. The van der Waals surface area contributed by atoms with Crippen molar-refractivity contribution in [2.24, 2.45) is 0 Å². The zero-order valence-corrected chi connectivity index (χ0v) is 8.74. The molecule has 0 atom stereocenters. The zero-order valence-electron chi connectivity index (χ0n) is 5.15. The van der Waals surface area contributed by atoms with Crippen molar-refractivity contribution in [2.45, 2.75) is 38.5 Å². The first-order valence-electron chi connectivity index (χ1n) is 3.20. The third-order valence-electron chi connectivity index (χ3n) is 1.50. The molecule has 1 nitrogen and oxygen atoms in total. The van der Waals surface area contributed by atoms with Gasteiger partial charge in [-0.25, -0.2) is 0 Å². The van der Waals surface area contributed by atoms with Gasteiger partial charge in [-0.3, -0.25) is 0 Å². The van der Waals surface area contributed by atoms with Crippen LogP contribution in [0.15, 0.2) is 0 Å². The first-order chi connectivity index (χ1) is 4.00. The summed E-state index contributed by atoms with van der Waals surface area (Å²) in [5.74, 6) is 0. The fraction of sp³-hybridized carbons (Fsp3) is 1.00. The van der Waals surface area contributed by atoms with Crippen molar-refractivity contribution in [3.8, 4) is 0 Å². The Labute approximate surface area is 65.9 Å². The molecule has 1 fully saturated rings. The molecule has 0 aromatic rings. The van der Waals surface area contributed by atoms with Gasteiger partial charge in [0.2, 0.25) is 0 Å². The molecule has 0 aliphatic heterocycles. The van der Waals surface area contributed by atoms with E-state index in [1.165, 1.54) is 38.5 Å². The van der Waals surface area contributed by atoms with Crippen LogP contribution in [-0.2, 0) is 27.2 Å². The van der Waals surface area contributed by atoms with Crippen molar-refractivity contribution in [3.63, 3.8) is 0 Å². The van der Waals surface area contributed by atoms with Gasteiger partial charge in [0.05, 0.1) is 0 Å². The Morgan fingerprint density at radius 2 is 0.750 bits per heavy atom. The Morgan fingerprint density at radius 1 is 0.625 bits per heavy atom. The van der Waals surface area contributed by atoms with E-state index < -0.39 is 0 Å². The molecule has 1 rings (SSSR count). The molecule has 0 aromatic heterocycles.